The number of carbonyl (C=O) groups excluding carboxylic acids is 2. The SMILES string of the molecule is CC/C(C)=C(/N=C\C(=C(/C)N(C=O)C1CCC(C#N)CC1)N(C)C)Nc1cc(F)c(C(N)=O)cc1C. The molecule has 1 aromatic rings. The molecule has 0 atom stereocenters. The summed E-state index contributed by atoms with van der Waals surface area (Å²) in [6, 6.07) is 5.03. The van der Waals surface area contributed by atoms with Crippen LogP contribution >= 0.6 is 0 Å². The Labute approximate surface area is 213 Å². The van der Waals surface area contributed by atoms with Gasteiger partial charge in [-0.1, -0.05) is 6.92 Å². The quantitative estimate of drug-likeness (QED) is 0.360. The molecule has 9 heteroatoms. The summed E-state index contributed by atoms with van der Waals surface area (Å²) in [7, 11) is 3.76. The van der Waals surface area contributed by atoms with Crippen molar-refractivity contribution in [3.8, 4) is 6.07 Å². The van der Waals surface area contributed by atoms with Crippen LogP contribution in [0.1, 0.15) is 68.8 Å². The first kappa shape index (κ1) is 28.6. The number of primary amides is 1. The summed E-state index contributed by atoms with van der Waals surface area (Å²) in [5.74, 6) is -0.926. The molecule has 1 aliphatic rings. The lowest BCUT2D eigenvalue weighted by Gasteiger charge is -2.35. The molecule has 0 saturated heterocycles. The van der Waals surface area contributed by atoms with E-state index in [-0.39, 0.29) is 17.5 Å². The van der Waals surface area contributed by atoms with E-state index in [1.54, 1.807) is 18.0 Å². The molecule has 1 fully saturated rings. The van der Waals surface area contributed by atoms with Crippen molar-refractivity contribution in [2.75, 3.05) is 19.4 Å². The molecule has 0 aromatic heterocycles. The Balaban J connectivity index is 2.40. The molecule has 1 saturated carbocycles. The van der Waals surface area contributed by atoms with Crippen LogP contribution in [0.25, 0.3) is 0 Å². The fraction of sp³-hybridized carbons (Fsp3) is 0.481. The van der Waals surface area contributed by atoms with E-state index in [9.17, 15) is 19.2 Å². The van der Waals surface area contributed by atoms with Crippen molar-refractivity contribution in [2.24, 2.45) is 16.6 Å². The van der Waals surface area contributed by atoms with Crippen molar-refractivity contribution in [3.63, 3.8) is 0 Å². The van der Waals surface area contributed by atoms with Gasteiger partial charge in [-0.3, -0.25) is 9.59 Å². The third kappa shape index (κ3) is 6.94. The van der Waals surface area contributed by atoms with Crippen LogP contribution in [0.4, 0.5) is 10.1 Å². The molecule has 0 aliphatic heterocycles. The van der Waals surface area contributed by atoms with E-state index in [0.29, 0.717) is 23.5 Å². The van der Waals surface area contributed by atoms with Crippen molar-refractivity contribution in [3.05, 3.63) is 51.9 Å². The van der Waals surface area contributed by atoms with Crippen LogP contribution in [0.2, 0.25) is 0 Å². The average Bonchev–Trinajstić information content (AvgIpc) is 2.85. The molecule has 8 nitrogen and oxygen atoms in total. The van der Waals surface area contributed by atoms with Crippen molar-refractivity contribution in [1.29, 1.82) is 5.26 Å². The minimum atomic E-state index is -0.822. The maximum atomic E-state index is 14.4. The Morgan fingerprint density at radius 3 is 2.42 bits per heavy atom. The molecular weight excluding hydrogens is 459 g/mol. The fourth-order valence-corrected chi connectivity index (χ4v) is 4.26. The number of benzene rings is 1. The molecule has 36 heavy (non-hydrogen) atoms. The molecule has 2 rings (SSSR count). The maximum absolute atomic E-state index is 14.4. The van der Waals surface area contributed by atoms with Crippen LogP contribution in [0.5, 0.6) is 0 Å². The second-order valence-electron chi connectivity index (χ2n) is 9.39. The van der Waals surface area contributed by atoms with E-state index >= 15 is 0 Å². The molecule has 0 spiro atoms. The van der Waals surface area contributed by atoms with Gasteiger partial charge in [-0.2, -0.15) is 5.26 Å². The number of hydrogen-bond donors (Lipinski definition) is 2. The van der Waals surface area contributed by atoms with Gasteiger partial charge < -0.3 is 20.9 Å². The zero-order valence-corrected chi connectivity index (χ0v) is 22.1. The number of hydrogen-bond acceptors (Lipinski definition) is 6. The predicted octanol–water partition coefficient (Wildman–Crippen LogP) is 4.69. The lowest BCUT2D eigenvalue weighted by molar-refractivity contribution is -0.118. The summed E-state index contributed by atoms with van der Waals surface area (Å²) in [4.78, 5) is 31.9. The zero-order chi connectivity index (χ0) is 27.0. The normalized spacial score (nSPS) is 19.2. The first-order valence-corrected chi connectivity index (χ1v) is 12.2. The van der Waals surface area contributed by atoms with Gasteiger partial charge in [0.2, 0.25) is 6.41 Å². The monoisotopic (exact) mass is 496 g/mol. The van der Waals surface area contributed by atoms with Crippen LogP contribution in [0, 0.1) is 30.0 Å². The molecule has 1 aromatic carbocycles. The lowest BCUT2D eigenvalue weighted by Crippen LogP contribution is -2.37. The summed E-state index contributed by atoms with van der Waals surface area (Å²) in [5, 5.41) is 12.4. The van der Waals surface area contributed by atoms with Crippen LogP contribution in [0.3, 0.4) is 0 Å². The smallest absolute Gasteiger partial charge is 0.251 e. The molecule has 194 valence electrons. The second kappa shape index (κ2) is 12.9. The highest BCUT2D eigenvalue weighted by Crippen LogP contribution is 2.29. The van der Waals surface area contributed by atoms with Crippen LogP contribution in [0.15, 0.2) is 39.9 Å². The molecule has 2 amide bonds. The number of nitrogens with one attached hydrogen (secondary N) is 1. The minimum absolute atomic E-state index is 0.0374. The highest BCUT2D eigenvalue weighted by atomic mass is 19.1. The van der Waals surface area contributed by atoms with Crippen LogP contribution in [-0.4, -0.2) is 48.5 Å². The van der Waals surface area contributed by atoms with Gasteiger partial charge in [0.15, 0.2) is 0 Å². The largest absolute Gasteiger partial charge is 0.375 e. The van der Waals surface area contributed by atoms with Gasteiger partial charge in [-0.05, 0) is 76.1 Å². The number of nitriles is 1. The maximum Gasteiger partial charge on any atom is 0.251 e. The van der Waals surface area contributed by atoms with E-state index in [0.717, 1.165) is 49.1 Å². The standard InChI is InChI=1S/C27H37FN6O2/c1-7-17(2)27(32-24-13-23(28)22(26(30)36)12-18(24)3)31-15-25(33(5)6)19(4)34(16-35)21-10-8-20(14-29)9-11-21/h12-13,15-16,20-21,32H,7-11H2,1-6H3,(H2,30,36)/b25-19-,27-17-,31-15-. The molecule has 3 N–H and O–H groups in total. The topological polar surface area (TPSA) is 115 Å². The number of nitrogens with zero attached hydrogens (tertiary/aromatic N) is 4. The number of allylic oxidation sites excluding steroid dienone is 3. The predicted molar refractivity (Wildman–Crippen MR) is 140 cm³/mol. The summed E-state index contributed by atoms with van der Waals surface area (Å²) in [5.41, 5.74) is 8.69. The van der Waals surface area contributed by atoms with Gasteiger partial charge in [0.25, 0.3) is 5.91 Å². The van der Waals surface area contributed by atoms with Gasteiger partial charge in [0.1, 0.15) is 11.6 Å². The van der Waals surface area contributed by atoms with Crippen molar-refractivity contribution < 1.29 is 14.0 Å². The molecule has 0 radical (unpaired) electrons. The third-order valence-corrected chi connectivity index (χ3v) is 6.71. The molecule has 0 heterocycles. The van der Waals surface area contributed by atoms with Gasteiger partial charge in [0.05, 0.1) is 23.5 Å². The minimum Gasteiger partial charge on any atom is -0.375 e. The van der Waals surface area contributed by atoms with Gasteiger partial charge in [-0.25, -0.2) is 9.38 Å². The number of anilines is 1. The van der Waals surface area contributed by atoms with E-state index in [2.05, 4.69) is 11.4 Å². The molecular formula is C27H37FN6O2. The average molecular weight is 497 g/mol. The highest BCUT2D eigenvalue weighted by Gasteiger charge is 2.27. The summed E-state index contributed by atoms with van der Waals surface area (Å²) >= 11 is 0. The number of rotatable bonds is 10. The Hall–Kier alpha value is -3.67. The lowest BCUT2D eigenvalue weighted by atomic mass is 9.86. The van der Waals surface area contributed by atoms with E-state index in [1.165, 1.54) is 12.1 Å². The molecule has 1 aliphatic carbocycles. The van der Waals surface area contributed by atoms with E-state index in [1.807, 2.05) is 39.8 Å². The van der Waals surface area contributed by atoms with E-state index < -0.39 is 11.7 Å². The number of aliphatic imine (C=N–C) groups is 1. The van der Waals surface area contributed by atoms with Gasteiger partial charge in [0, 0.05) is 37.4 Å². The number of halogens is 1. The summed E-state index contributed by atoms with van der Waals surface area (Å²) in [6.45, 7) is 7.57. The molecule has 0 unspecified atom stereocenters. The number of amides is 2. The third-order valence-electron chi connectivity index (χ3n) is 6.71. The van der Waals surface area contributed by atoms with E-state index in [4.69, 9.17) is 10.7 Å². The first-order chi connectivity index (χ1) is 17.0. The Kier molecular flexibility index (Phi) is 10.2. The molecule has 0 bridgehead atoms. The van der Waals surface area contributed by atoms with Gasteiger partial charge >= 0.3 is 0 Å². The van der Waals surface area contributed by atoms with Crippen molar-refractivity contribution >= 4 is 24.2 Å². The van der Waals surface area contributed by atoms with Crippen molar-refractivity contribution in [2.45, 2.75) is 65.8 Å². The van der Waals surface area contributed by atoms with Crippen LogP contribution in [-0.2, 0) is 4.79 Å². The number of aryl methyl sites for hydroxylation is 1. The second-order valence-corrected chi connectivity index (χ2v) is 9.39. The Morgan fingerprint density at radius 1 is 1.28 bits per heavy atom. The number of nitrogens with two attached hydrogens (primary N) is 1. The number of carbonyl (C=O) groups is 2. The zero-order valence-electron chi connectivity index (χ0n) is 22.1. The summed E-state index contributed by atoms with van der Waals surface area (Å²) < 4.78 is 14.4. The van der Waals surface area contributed by atoms with Gasteiger partial charge in [-0.15, -0.1) is 0 Å². The summed E-state index contributed by atoms with van der Waals surface area (Å²) in [6.07, 6.45) is 6.37. The Morgan fingerprint density at radius 2 is 1.92 bits per heavy atom. The van der Waals surface area contributed by atoms with Crippen molar-refractivity contribution in [1.82, 2.24) is 9.80 Å². The Bertz CT molecular complexity index is 1110. The first-order valence-electron chi connectivity index (χ1n) is 12.2. The highest BCUT2D eigenvalue weighted by molar-refractivity contribution is 5.94. The van der Waals surface area contributed by atoms with Crippen LogP contribution < -0.4 is 11.1 Å². The fourth-order valence-electron chi connectivity index (χ4n) is 4.26.